The van der Waals surface area contributed by atoms with Crippen LogP contribution >= 0.6 is 23.2 Å². The summed E-state index contributed by atoms with van der Waals surface area (Å²) < 4.78 is 38.6. The molecule has 3 fully saturated rings. The monoisotopic (exact) mass is 887 g/mol. The van der Waals surface area contributed by atoms with Crippen LogP contribution < -0.4 is 5.32 Å². The molecule has 2 unspecified atom stereocenters. The summed E-state index contributed by atoms with van der Waals surface area (Å²) in [7, 11) is 7.82. The largest absolute Gasteiger partial charge is 0.469 e. The number of esters is 6. The molecule has 6 atom stereocenters. The minimum absolute atomic E-state index is 0.176. The molecule has 21 heteroatoms. The number of nitrogens with one attached hydrogen (secondary N) is 1. The predicted octanol–water partition coefficient (Wildman–Crippen LogP) is 3.39. The van der Waals surface area contributed by atoms with E-state index in [0.717, 1.165) is 0 Å². The molecule has 2 amide bonds. The molecule has 19 nitrogen and oxygen atoms in total. The van der Waals surface area contributed by atoms with Crippen molar-refractivity contribution < 1.29 is 76.3 Å². The summed E-state index contributed by atoms with van der Waals surface area (Å²) in [4.78, 5) is 96.3. The van der Waals surface area contributed by atoms with Gasteiger partial charge in [0.05, 0.1) is 83.5 Å². The van der Waals surface area contributed by atoms with Gasteiger partial charge in [-0.25, -0.2) is 9.59 Å². The van der Waals surface area contributed by atoms with Crippen LogP contribution in [-0.2, 0) is 66.7 Å². The summed E-state index contributed by atoms with van der Waals surface area (Å²) in [5.74, 6) is -5.03. The lowest BCUT2D eigenvalue weighted by molar-refractivity contribution is -0.155. The van der Waals surface area contributed by atoms with Gasteiger partial charge in [-0.3, -0.25) is 28.8 Å². The first kappa shape index (κ1) is 54.9. The van der Waals surface area contributed by atoms with Crippen molar-refractivity contribution >= 4 is 71.2 Å². The Bertz CT molecular complexity index is 1260. The van der Waals surface area contributed by atoms with Crippen molar-refractivity contribution in [3.63, 3.8) is 0 Å². The van der Waals surface area contributed by atoms with E-state index in [9.17, 15) is 38.4 Å². The summed E-state index contributed by atoms with van der Waals surface area (Å²) in [5, 5.41) is 3.21. The number of alkyl halides is 2. The average Bonchev–Trinajstić information content (AvgIpc) is 3.20. The molecule has 1 N–H and O–H groups in total. The summed E-state index contributed by atoms with van der Waals surface area (Å²) >= 11 is 9.53. The standard InChI is InChI=1S/2C14H23NO6.C9H15NO4.CH2Cl2/c2*1-14(2,3)21-13(18)15-7-9(11(16)19-4)6-10(8-15)12(17)20-5;1-13-8(11)6-3-7(5-10-4-6)9(12)14-2;2-1-3/h2*9-10H,6-8H2,1-5H3;6-7,10H,3-5H2,1-2H3;1H2/t9-,10+;9-,10-;;/m.0../s1. The molecule has 0 radical (unpaired) electrons. The molecular weight excluding hydrogens is 825 g/mol. The first-order chi connectivity index (χ1) is 27.4. The maximum Gasteiger partial charge on any atom is 0.410 e. The number of amides is 2. The third-order valence-corrected chi connectivity index (χ3v) is 8.76. The summed E-state index contributed by atoms with van der Waals surface area (Å²) in [6, 6.07) is 0. The van der Waals surface area contributed by atoms with Crippen molar-refractivity contribution in [3.05, 3.63) is 0 Å². The molecule has 0 spiro atoms. The van der Waals surface area contributed by atoms with Crippen molar-refractivity contribution in [1.82, 2.24) is 15.1 Å². The van der Waals surface area contributed by atoms with Gasteiger partial charge in [0.15, 0.2) is 0 Å². The number of rotatable bonds is 6. The number of carbonyl (C=O) groups excluding carboxylic acids is 8. The van der Waals surface area contributed by atoms with E-state index in [4.69, 9.17) is 51.6 Å². The quantitative estimate of drug-likeness (QED) is 0.229. The Hall–Kier alpha value is -4.10. The van der Waals surface area contributed by atoms with Crippen molar-refractivity contribution in [3.8, 4) is 0 Å². The summed E-state index contributed by atoms with van der Waals surface area (Å²) in [6.45, 7) is 12.4. The average molecular weight is 889 g/mol. The molecule has 0 aromatic rings. The Morgan fingerprint density at radius 1 is 0.458 bits per heavy atom. The van der Waals surface area contributed by atoms with Gasteiger partial charge in [0.25, 0.3) is 0 Å². The van der Waals surface area contributed by atoms with Crippen LogP contribution in [0.25, 0.3) is 0 Å². The van der Waals surface area contributed by atoms with Gasteiger partial charge in [0, 0.05) is 39.3 Å². The second-order valence-electron chi connectivity index (χ2n) is 15.6. The van der Waals surface area contributed by atoms with Crippen LogP contribution in [0.15, 0.2) is 0 Å². The Morgan fingerprint density at radius 2 is 0.661 bits per heavy atom. The number of likely N-dealkylation sites (tertiary alicyclic amines) is 2. The lowest BCUT2D eigenvalue weighted by Crippen LogP contribution is -2.50. The van der Waals surface area contributed by atoms with Gasteiger partial charge in [-0.05, 0) is 60.8 Å². The molecule has 59 heavy (non-hydrogen) atoms. The minimum Gasteiger partial charge on any atom is -0.469 e. The molecule has 0 aromatic heterocycles. The highest BCUT2D eigenvalue weighted by atomic mass is 35.5. The molecule has 3 aliphatic rings. The van der Waals surface area contributed by atoms with E-state index in [1.165, 1.54) is 52.5 Å². The van der Waals surface area contributed by atoms with Crippen molar-refractivity contribution in [2.24, 2.45) is 35.5 Å². The van der Waals surface area contributed by atoms with Gasteiger partial charge >= 0.3 is 48.0 Å². The number of hydrogen-bond donors (Lipinski definition) is 1. The highest BCUT2D eigenvalue weighted by Crippen LogP contribution is 2.27. The molecule has 340 valence electrons. The van der Waals surface area contributed by atoms with E-state index in [1.807, 2.05) is 0 Å². The summed E-state index contributed by atoms with van der Waals surface area (Å²) in [5.41, 5.74) is -1.29. The number of carbonyl (C=O) groups is 8. The number of ether oxygens (including phenoxy) is 8. The zero-order valence-electron chi connectivity index (χ0n) is 36.2. The fraction of sp³-hybridized carbons (Fsp3) is 0.789. The van der Waals surface area contributed by atoms with Gasteiger partial charge in [0.2, 0.25) is 0 Å². The SMILES string of the molecule is COC(=O)C1CNCC(C(=O)OC)C1.COC(=O)[C@@H]1C[C@H](C(=O)OC)CN(C(=O)OC(C)(C)C)C1.COC(=O)[C@H]1C[C@H](C(=O)OC)CN(C(=O)OC(C)(C)C)C1.ClCCl. The third kappa shape index (κ3) is 20.6. The molecule has 3 saturated heterocycles. The lowest BCUT2D eigenvalue weighted by atomic mass is 9.89. The normalized spacial score (nSPS) is 22.6. The van der Waals surface area contributed by atoms with E-state index in [1.54, 1.807) is 41.5 Å². The molecule has 0 aliphatic carbocycles. The van der Waals surface area contributed by atoms with E-state index in [-0.39, 0.29) is 55.3 Å². The Morgan fingerprint density at radius 3 is 0.864 bits per heavy atom. The van der Waals surface area contributed by atoms with E-state index < -0.39 is 70.9 Å². The minimum atomic E-state index is -0.643. The number of methoxy groups -OCH3 is 6. The number of nitrogens with zero attached hydrogens (tertiary/aromatic N) is 2. The molecule has 3 rings (SSSR count). The van der Waals surface area contributed by atoms with Gasteiger partial charge < -0.3 is 53.0 Å². The zero-order chi connectivity index (χ0) is 45.7. The first-order valence-electron chi connectivity index (χ1n) is 18.7. The van der Waals surface area contributed by atoms with Gasteiger partial charge in [-0.2, -0.15) is 0 Å². The summed E-state index contributed by atoms with van der Waals surface area (Å²) in [6.07, 6.45) is 0.0129. The van der Waals surface area contributed by atoms with E-state index in [2.05, 4.69) is 14.8 Å². The fourth-order valence-corrected chi connectivity index (χ4v) is 6.13. The number of piperidine rings is 3. The molecule has 0 bridgehead atoms. The zero-order valence-corrected chi connectivity index (χ0v) is 37.7. The maximum atomic E-state index is 12.1. The first-order valence-corrected chi connectivity index (χ1v) is 19.8. The second kappa shape index (κ2) is 26.9. The van der Waals surface area contributed by atoms with Crippen LogP contribution in [0, 0.1) is 35.5 Å². The van der Waals surface area contributed by atoms with Crippen molar-refractivity contribution in [1.29, 1.82) is 0 Å². The second-order valence-corrected chi connectivity index (χ2v) is 16.4. The smallest absolute Gasteiger partial charge is 0.410 e. The maximum absolute atomic E-state index is 12.1. The molecule has 0 aromatic carbocycles. The van der Waals surface area contributed by atoms with Gasteiger partial charge in [-0.15, -0.1) is 23.2 Å². The van der Waals surface area contributed by atoms with E-state index in [0.29, 0.717) is 32.4 Å². The number of halogens is 2. The van der Waals surface area contributed by atoms with Gasteiger partial charge in [-0.1, -0.05) is 0 Å². The predicted molar refractivity (Wildman–Crippen MR) is 212 cm³/mol. The van der Waals surface area contributed by atoms with Gasteiger partial charge in [0.1, 0.15) is 11.2 Å². The van der Waals surface area contributed by atoms with Crippen LogP contribution in [-0.4, -0.2) is 156 Å². The highest BCUT2D eigenvalue weighted by molar-refractivity contribution is 6.40. The fourth-order valence-electron chi connectivity index (χ4n) is 6.13. The number of hydrogen-bond acceptors (Lipinski definition) is 17. The Labute approximate surface area is 356 Å². The van der Waals surface area contributed by atoms with Crippen molar-refractivity contribution in [2.75, 3.05) is 87.3 Å². The van der Waals surface area contributed by atoms with E-state index >= 15 is 0 Å². The molecule has 3 heterocycles. The highest BCUT2D eigenvalue weighted by Gasteiger charge is 2.41. The Kier molecular flexibility index (Phi) is 25.0. The Balaban J connectivity index is 0.000000842. The molecule has 0 saturated carbocycles. The third-order valence-electron chi connectivity index (χ3n) is 8.76. The lowest BCUT2D eigenvalue weighted by Gasteiger charge is -2.36. The molecule has 3 aliphatic heterocycles. The van der Waals surface area contributed by atoms with Crippen LogP contribution in [0.2, 0.25) is 0 Å². The topological polar surface area (TPSA) is 229 Å². The van der Waals surface area contributed by atoms with Crippen molar-refractivity contribution in [2.45, 2.75) is 72.0 Å². The van der Waals surface area contributed by atoms with Crippen LogP contribution in [0.5, 0.6) is 0 Å². The molecular formula is C38H63Cl2N3O16. The van der Waals surface area contributed by atoms with Crippen LogP contribution in [0.1, 0.15) is 60.8 Å². The van der Waals surface area contributed by atoms with Crippen LogP contribution in [0.4, 0.5) is 9.59 Å². The van der Waals surface area contributed by atoms with Crippen LogP contribution in [0.3, 0.4) is 0 Å².